The molecule has 21 heavy (non-hydrogen) atoms. The summed E-state index contributed by atoms with van der Waals surface area (Å²) in [6.45, 7) is 0. The van der Waals surface area contributed by atoms with Crippen molar-refractivity contribution in [2.24, 2.45) is 0 Å². The van der Waals surface area contributed by atoms with Crippen LogP contribution in [0.4, 0.5) is 5.69 Å². The van der Waals surface area contributed by atoms with Gasteiger partial charge in [-0.05, 0) is 24.3 Å². The number of rotatable bonds is 4. The molecule has 0 aliphatic rings. The lowest BCUT2D eigenvalue weighted by molar-refractivity contribution is 0.102. The van der Waals surface area contributed by atoms with Gasteiger partial charge in [-0.15, -0.1) is 0 Å². The summed E-state index contributed by atoms with van der Waals surface area (Å²) in [7, 11) is 3.00. The topological polar surface area (TPSA) is 47.6 Å². The van der Waals surface area contributed by atoms with E-state index in [1.54, 1.807) is 31.4 Å². The Morgan fingerprint density at radius 2 is 1.86 bits per heavy atom. The van der Waals surface area contributed by atoms with Crippen LogP contribution in [-0.2, 0) is 0 Å². The van der Waals surface area contributed by atoms with Crippen molar-refractivity contribution >= 4 is 34.8 Å². The molecule has 2 aromatic carbocycles. The largest absolute Gasteiger partial charge is 0.497 e. The first-order valence-electron chi connectivity index (χ1n) is 6.03. The molecule has 1 amide bonds. The fourth-order valence-electron chi connectivity index (χ4n) is 1.84. The first-order chi connectivity index (χ1) is 10.0. The van der Waals surface area contributed by atoms with E-state index in [1.807, 2.05) is 0 Å². The Balaban J connectivity index is 2.32. The van der Waals surface area contributed by atoms with E-state index in [0.29, 0.717) is 16.5 Å². The molecule has 0 saturated carbocycles. The highest BCUT2D eigenvalue weighted by atomic mass is 35.5. The summed E-state index contributed by atoms with van der Waals surface area (Å²) >= 11 is 12.0. The van der Waals surface area contributed by atoms with Crippen molar-refractivity contribution in [3.63, 3.8) is 0 Å². The second kappa shape index (κ2) is 6.70. The van der Waals surface area contributed by atoms with Gasteiger partial charge in [-0.2, -0.15) is 0 Å². The predicted octanol–water partition coefficient (Wildman–Crippen LogP) is 4.26. The zero-order valence-electron chi connectivity index (χ0n) is 11.4. The Morgan fingerprint density at radius 3 is 2.52 bits per heavy atom. The zero-order valence-corrected chi connectivity index (χ0v) is 13.0. The second-order valence-corrected chi connectivity index (χ2v) is 5.00. The number of hydrogen-bond acceptors (Lipinski definition) is 3. The average Bonchev–Trinajstić information content (AvgIpc) is 2.46. The highest BCUT2D eigenvalue weighted by Gasteiger charge is 2.17. The Labute approximate surface area is 132 Å². The van der Waals surface area contributed by atoms with Gasteiger partial charge < -0.3 is 14.8 Å². The van der Waals surface area contributed by atoms with Gasteiger partial charge >= 0.3 is 0 Å². The van der Waals surface area contributed by atoms with Crippen molar-refractivity contribution in [2.45, 2.75) is 0 Å². The molecule has 0 aromatic heterocycles. The van der Waals surface area contributed by atoms with Crippen LogP contribution < -0.4 is 14.8 Å². The van der Waals surface area contributed by atoms with E-state index >= 15 is 0 Å². The third kappa shape index (κ3) is 3.60. The van der Waals surface area contributed by atoms with Gasteiger partial charge in [0.1, 0.15) is 11.5 Å². The van der Waals surface area contributed by atoms with E-state index in [1.165, 1.54) is 19.2 Å². The third-order valence-electron chi connectivity index (χ3n) is 2.78. The van der Waals surface area contributed by atoms with Crippen LogP contribution in [0.3, 0.4) is 0 Å². The molecule has 0 unspecified atom stereocenters. The van der Waals surface area contributed by atoms with Gasteiger partial charge in [-0.3, -0.25) is 4.79 Å². The standard InChI is InChI=1S/C15H13Cl2NO3/c1-20-11-5-3-4-10(8-11)18-15(19)12-6-9(16)7-13(17)14(12)21-2/h3-8H,1-2H3,(H,18,19). The number of hydrogen-bond donors (Lipinski definition) is 1. The van der Waals surface area contributed by atoms with Crippen LogP contribution in [0.2, 0.25) is 10.0 Å². The Morgan fingerprint density at radius 1 is 1.10 bits per heavy atom. The maximum Gasteiger partial charge on any atom is 0.259 e. The van der Waals surface area contributed by atoms with Crippen LogP contribution in [0, 0.1) is 0 Å². The van der Waals surface area contributed by atoms with E-state index in [0.717, 1.165) is 0 Å². The van der Waals surface area contributed by atoms with Crippen molar-refractivity contribution in [1.29, 1.82) is 0 Å². The minimum absolute atomic E-state index is 0.262. The smallest absolute Gasteiger partial charge is 0.259 e. The summed E-state index contributed by atoms with van der Waals surface area (Å²) in [6.07, 6.45) is 0. The monoisotopic (exact) mass is 325 g/mol. The molecule has 0 radical (unpaired) electrons. The highest BCUT2D eigenvalue weighted by molar-refractivity contribution is 6.36. The summed E-state index contributed by atoms with van der Waals surface area (Å²) in [6, 6.07) is 10.0. The van der Waals surface area contributed by atoms with Gasteiger partial charge in [-0.25, -0.2) is 0 Å². The molecular formula is C15H13Cl2NO3. The first kappa shape index (κ1) is 15.5. The fourth-order valence-corrected chi connectivity index (χ4v) is 2.41. The van der Waals surface area contributed by atoms with Crippen molar-refractivity contribution in [3.8, 4) is 11.5 Å². The predicted molar refractivity (Wildman–Crippen MR) is 84.0 cm³/mol. The number of halogens is 2. The lowest BCUT2D eigenvalue weighted by Crippen LogP contribution is -2.13. The van der Waals surface area contributed by atoms with E-state index < -0.39 is 0 Å². The molecule has 1 N–H and O–H groups in total. The molecule has 110 valence electrons. The quantitative estimate of drug-likeness (QED) is 0.913. The minimum Gasteiger partial charge on any atom is -0.497 e. The summed E-state index contributed by atoms with van der Waals surface area (Å²) < 4.78 is 10.3. The average molecular weight is 326 g/mol. The molecule has 0 heterocycles. The maximum atomic E-state index is 12.3. The van der Waals surface area contributed by atoms with Gasteiger partial charge in [0.15, 0.2) is 0 Å². The van der Waals surface area contributed by atoms with Gasteiger partial charge in [-0.1, -0.05) is 29.3 Å². The van der Waals surface area contributed by atoms with E-state index in [4.69, 9.17) is 32.7 Å². The van der Waals surface area contributed by atoms with Crippen LogP contribution in [-0.4, -0.2) is 20.1 Å². The fraction of sp³-hybridized carbons (Fsp3) is 0.133. The molecule has 0 bridgehead atoms. The number of carbonyl (C=O) groups excluding carboxylic acids is 1. The molecule has 0 atom stereocenters. The van der Waals surface area contributed by atoms with E-state index in [9.17, 15) is 4.79 Å². The highest BCUT2D eigenvalue weighted by Crippen LogP contribution is 2.32. The van der Waals surface area contributed by atoms with Crippen LogP contribution in [0.15, 0.2) is 36.4 Å². The number of anilines is 1. The lowest BCUT2D eigenvalue weighted by Gasteiger charge is -2.12. The van der Waals surface area contributed by atoms with E-state index in [-0.39, 0.29) is 22.2 Å². The van der Waals surface area contributed by atoms with Crippen molar-refractivity contribution < 1.29 is 14.3 Å². The van der Waals surface area contributed by atoms with Crippen LogP contribution in [0.1, 0.15) is 10.4 Å². The first-order valence-corrected chi connectivity index (χ1v) is 6.79. The number of nitrogens with one attached hydrogen (secondary N) is 1. The Bertz CT molecular complexity index is 674. The molecular weight excluding hydrogens is 313 g/mol. The Hall–Kier alpha value is -1.91. The van der Waals surface area contributed by atoms with Gasteiger partial charge in [0, 0.05) is 16.8 Å². The summed E-state index contributed by atoms with van der Waals surface area (Å²) in [5.74, 6) is 0.551. The van der Waals surface area contributed by atoms with Crippen molar-refractivity contribution in [3.05, 3.63) is 52.0 Å². The SMILES string of the molecule is COc1cccc(NC(=O)c2cc(Cl)cc(Cl)c2OC)c1. The molecule has 0 aliphatic heterocycles. The van der Waals surface area contributed by atoms with Gasteiger partial charge in [0.2, 0.25) is 0 Å². The molecule has 2 aromatic rings. The normalized spacial score (nSPS) is 10.1. The van der Waals surface area contributed by atoms with Crippen molar-refractivity contribution in [2.75, 3.05) is 19.5 Å². The molecule has 0 saturated heterocycles. The van der Waals surface area contributed by atoms with E-state index in [2.05, 4.69) is 5.32 Å². The molecule has 4 nitrogen and oxygen atoms in total. The number of benzene rings is 2. The molecule has 0 fully saturated rings. The summed E-state index contributed by atoms with van der Waals surface area (Å²) in [5, 5.41) is 3.38. The number of carbonyl (C=O) groups is 1. The lowest BCUT2D eigenvalue weighted by atomic mass is 10.1. The molecule has 0 aliphatic carbocycles. The molecule has 0 spiro atoms. The second-order valence-electron chi connectivity index (χ2n) is 4.15. The summed E-state index contributed by atoms with van der Waals surface area (Å²) in [4.78, 5) is 12.3. The van der Waals surface area contributed by atoms with Gasteiger partial charge in [0.05, 0.1) is 24.8 Å². The minimum atomic E-state index is -0.371. The maximum absolute atomic E-state index is 12.3. The van der Waals surface area contributed by atoms with Crippen LogP contribution >= 0.6 is 23.2 Å². The van der Waals surface area contributed by atoms with Crippen LogP contribution in [0.5, 0.6) is 11.5 Å². The van der Waals surface area contributed by atoms with Gasteiger partial charge in [0.25, 0.3) is 5.91 Å². The van der Waals surface area contributed by atoms with Crippen LogP contribution in [0.25, 0.3) is 0 Å². The Kier molecular flexibility index (Phi) is 4.94. The summed E-state index contributed by atoms with van der Waals surface area (Å²) in [5.41, 5.74) is 0.857. The molecule has 6 heteroatoms. The molecule has 2 rings (SSSR count). The number of ether oxygens (including phenoxy) is 2. The van der Waals surface area contributed by atoms with Crippen molar-refractivity contribution in [1.82, 2.24) is 0 Å². The zero-order chi connectivity index (χ0) is 15.4. The number of amides is 1. The number of methoxy groups -OCH3 is 2. The third-order valence-corrected chi connectivity index (χ3v) is 3.28.